The molecule has 1 aliphatic rings. The number of carbonyl (C=O) groups excluding carboxylic acids is 1. The second kappa shape index (κ2) is 6.68. The molecule has 0 aliphatic heterocycles. The van der Waals surface area contributed by atoms with Crippen LogP contribution in [0.15, 0.2) is 12.3 Å². The monoisotopic (exact) mass is 279 g/mol. The fourth-order valence-electron chi connectivity index (χ4n) is 2.90. The van der Waals surface area contributed by atoms with Gasteiger partial charge in [-0.3, -0.25) is 4.79 Å². The number of nitrogens with zero attached hydrogens (tertiary/aromatic N) is 1. The first-order chi connectivity index (χ1) is 9.60. The van der Waals surface area contributed by atoms with Gasteiger partial charge in [-0.2, -0.15) is 0 Å². The average Bonchev–Trinajstić information content (AvgIpc) is 2.44. The van der Waals surface area contributed by atoms with Crippen molar-refractivity contribution in [2.75, 3.05) is 5.73 Å². The zero-order valence-electron chi connectivity index (χ0n) is 11.9. The number of halogens is 1. The van der Waals surface area contributed by atoms with E-state index in [0.717, 1.165) is 43.9 Å². The van der Waals surface area contributed by atoms with Crippen LogP contribution in [0.25, 0.3) is 0 Å². The van der Waals surface area contributed by atoms with Gasteiger partial charge in [0.2, 0.25) is 0 Å². The van der Waals surface area contributed by atoms with E-state index in [1.807, 2.05) is 0 Å². The zero-order valence-corrected chi connectivity index (χ0v) is 11.9. The summed E-state index contributed by atoms with van der Waals surface area (Å²) in [4.78, 5) is 15.8. The Kier molecular flexibility index (Phi) is 4.93. The van der Waals surface area contributed by atoms with E-state index in [9.17, 15) is 9.18 Å². The molecule has 2 rings (SSSR count). The molecule has 5 heteroatoms. The van der Waals surface area contributed by atoms with E-state index in [2.05, 4.69) is 17.2 Å². The van der Waals surface area contributed by atoms with Crippen molar-refractivity contribution in [2.45, 2.75) is 51.5 Å². The van der Waals surface area contributed by atoms with Crippen LogP contribution in [-0.4, -0.2) is 16.9 Å². The minimum atomic E-state index is -0.545. The molecule has 0 radical (unpaired) electrons. The molecule has 110 valence electrons. The van der Waals surface area contributed by atoms with Gasteiger partial charge in [0.05, 0.1) is 11.8 Å². The predicted octanol–water partition coefficient (Wildman–Crippen LogP) is 2.89. The van der Waals surface area contributed by atoms with E-state index >= 15 is 0 Å². The highest BCUT2D eigenvalue weighted by Gasteiger charge is 2.23. The molecule has 0 unspecified atom stereocenters. The van der Waals surface area contributed by atoms with E-state index < -0.39 is 5.82 Å². The number of nitrogen functional groups attached to an aromatic ring is 1. The number of carbonyl (C=O) groups is 1. The molecule has 0 bridgehead atoms. The predicted molar refractivity (Wildman–Crippen MR) is 76.7 cm³/mol. The third-order valence-corrected chi connectivity index (χ3v) is 4.01. The standard InChI is InChI=1S/C15H22FN3O/c1-2-3-10-4-6-12(7-5-10)19-15(20)13-8-11(16)9-18-14(13)17/h8-10,12H,2-7H2,1H3,(H2,17,18)(H,19,20). The van der Waals surface area contributed by atoms with E-state index in [1.165, 1.54) is 12.8 Å². The molecule has 1 aromatic rings. The largest absolute Gasteiger partial charge is 0.383 e. The number of amides is 1. The summed E-state index contributed by atoms with van der Waals surface area (Å²) in [5, 5.41) is 2.94. The van der Waals surface area contributed by atoms with Crippen molar-refractivity contribution in [1.82, 2.24) is 10.3 Å². The van der Waals surface area contributed by atoms with Crippen LogP contribution in [-0.2, 0) is 0 Å². The van der Waals surface area contributed by atoms with Gasteiger partial charge in [-0.15, -0.1) is 0 Å². The van der Waals surface area contributed by atoms with Crippen LogP contribution in [0.4, 0.5) is 10.2 Å². The third-order valence-electron chi connectivity index (χ3n) is 4.01. The van der Waals surface area contributed by atoms with Crippen LogP contribution >= 0.6 is 0 Å². The summed E-state index contributed by atoms with van der Waals surface area (Å²) in [6.07, 6.45) is 7.76. The summed E-state index contributed by atoms with van der Waals surface area (Å²) in [6, 6.07) is 1.30. The molecule has 1 aromatic heterocycles. The number of anilines is 1. The molecule has 1 saturated carbocycles. The van der Waals surface area contributed by atoms with Gasteiger partial charge in [0.1, 0.15) is 11.6 Å². The first kappa shape index (κ1) is 14.8. The number of pyridine rings is 1. The summed E-state index contributed by atoms with van der Waals surface area (Å²) in [5.41, 5.74) is 5.74. The topological polar surface area (TPSA) is 68.0 Å². The summed E-state index contributed by atoms with van der Waals surface area (Å²) in [5.74, 6) is -0.0120. The Bertz CT molecular complexity index is 470. The Morgan fingerprint density at radius 2 is 2.15 bits per heavy atom. The van der Waals surface area contributed by atoms with E-state index in [0.29, 0.717) is 0 Å². The van der Waals surface area contributed by atoms with Crippen LogP contribution < -0.4 is 11.1 Å². The summed E-state index contributed by atoms with van der Waals surface area (Å²) < 4.78 is 13.1. The van der Waals surface area contributed by atoms with Crippen LogP contribution in [0.1, 0.15) is 55.8 Å². The molecule has 3 N–H and O–H groups in total. The summed E-state index contributed by atoms with van der Waals surface area (Å²) in [6.45, 7) is 2.20. The van der Waals surface area contributed by atoms with Gasteiger partial charge >= 0.3 is 0 Å². The molecule has 1 aliphatic carbocycles. The van der Waals surface area contributed by atoms with Gasteiger partial charge in [0.25, 0.3) is 5.91 Å². The highest BCUT2D eigenvalue weighted by Crippen LogP contribution is 2.28. The molecule has 1 amide bonds. The lowest BCUT2D eigenvalue weighted by atomic mass is 9.83. The molecular formula is C15H22FN3O. The van der Waals surface area contributed by atoms with Crippen molar-refractivity contribution < 1.29 is 9.18 Å². The Morgan fingerprint density at radius 1 is 1.45 bits per heavy atom. The fourth-order valence-corrected chi connectivity index (χ4v) is 2.90. The number of hydrogen-bond donors (Lipinski definition) is 2. The maximum atomic E-state index is 13.1. The zero-order chi connectivity index (χ0) is 14.5. The van der Waals surface area contributed by atoms with Gasteiger partial charge in [0, 0.05) is 6.04 Å². The maximum Gasteiger partial charge on any atom is 0.255 e. The van der Waals surface area contributed by atoms with Crippen LogP contribution in [0.5, 0.6) is 0 Å². The Balaban J connectivity index is 1.91. The van der Waals surface area contributed by atoms with Crippen LogP contribution in [0.2, 0.25) is 0 Å². The smallest absolute Gasteiger partial charge is 0.255 e. The first-order valence-corrected chi connectivity index (χ1v) is 7.32. The lowest BCUT2D eigenvalue weighted by molar-refractivity contribution is 0.0921. The lowest BCUT2D eigenvalue weighted by Gasteiger charge is -2.29. The molecule has 0 spiro atoms. The SMILES string of the molecule is CCCC1CCC(NC(=O)c2cc(F)cnc2N)CC1. The number of rotatable bonds is 4. The number of aromatic nitrogens is 1. The van der Waals surface area contributed by atoms with Crippen LogP contribution in [0.3, 0.4) is 0 Å². The molecule has 0 atom stereocenters. The molecule has 0 aromatic carbocycles. The Morgan fingerprint density at radius 3 is 2.80 bits per heavy atom. The number of nitrogens with two attached hydrogens (primary N) is 1. The van der Waals surface area contributed by atoms with Crippen molar-refractivity contribution in [3.63, 3.8) is 0 Å². The van der Waals surface area contributed by atoms with E-state index in [-0.39, 0.29) is 23.3 Å². The Hall–Kier alpha value is -1.65. The molecule has 1 heterocycles. The minimum absolute atomic E-state index is 0.0727. The third kappa shape index (κ3) is 3.68. The lowest BCUT2D eigenvalue weighted by Crippen LogP contribution is -2.38. The van der Waals surface area contributed by atoms with Crippen molar-refractivity contribution >= 4 is 11.7 Å². The fraction of sp³-hybridized carbons (Fsp3) is 0.600. The van der Waals surface area contributed by atoms with Crippen molar-refractivity contribution in [3.05, 3.63) is 23.6 Å². The quantitative estimate of drug-likeness (QED) is 0.890. The maximum absolute atomic E-state index is 13.1. The van der Waals surface area contributed by atoms with Gasteiger partial charge in [-0.25, -0.2) is 9.37 Å². The van der Waals surface area contributed by atoms with Crippen LogP contribution in [0, 0.1) is 11.7 Å². The van der Waals surface area contributed by atoms with Gasteiger partial charge in [-0.05, 0) is 37.7 Å². The normalized spacial score (nSPS) is 22.5. The molecule has 4 nitrogen and oxygen atoms in total. The summed E-state index contributed by atoms with van der Waals surface area (Å²) in [7, 11) is 0. The Labute approximate surface area is 119 Å². The summed E-state index contributed by atoms with van der Waals surface area (Å²) >= 11 is 0. The minimum Gasteiger partial charge on any atom is -0.383 e. The van der Waals surface area contributed by atoms with Gasteiger partial charge in [-0.1, -0.05) is 19.8 Å². The average molecular weight is 279 g/mol. The highest BCUT2D eigenvalue weighted by molar-refractivity contribution is 5.98. The first-order valence-electron chi connectivity index (χ1n) is 7.32. The molecule has 0 saturated heterocycles. The molecule has 1 fully saturated rings. The molecule has 20 heavy (non-hydrogen) atoms. The van der Waals surface area contributed by atoms with Crippen molar-refractivity contribution in [1.29, 1.82) is 0 Å². The van der Waals surface area contributed by atoms with E-state index in [4.69, 9.17) is 5.73 Å². The second-order valence-corrected chi connectivity index (χ2v) is 5.57. The van der Waals surface area contributed by atoms with E-state index in [1.54, 1.807) is 0 Å². The number of nitrogens with one attached hydrogen (secondary N) is 1. The van der Waals surface area contributed by atoms with Gasteiger partial charge < -0.3 is 11.1 Å². The van der Waals surface area contributed by atoms with Gasteiger partial charge in [0.15, 0.2) is 0 Å². The second-order valence-electron chi connectivity index (χ2n) is 5.57. The van der Waals surface area contributed by atoms with Crippen molar-refractivity contribution in [2.24, 2.45) is 5.92 Å². The molecular weight excluding hydrogens is 257 g/mol. The van der Waals surface area contributed by atoms with Crippen molar-refractivity contribution in [3.8, 4) is 0 Å². The number of hydrogen-bond acceptors (Lipinski definition) is 3. The highest BCUT2D eigenvalue weighted by atomic mass is 19.1.